The van der Waals surface area contributed by atoms with E-state index in [1.807, 2.05) is 0 Å². The summed E-state index contributed by atoms with van der Waals surface area (Å²) in [5, 5.41) is 20.8. The highest BCUT2D eigenvalue weighted by Gasteiger charge is 2.03. The molecule has 0 saturated carbocycles. The van der Waals surface area contributed by atoms with Crippen LogP contribution in [0.15, 0.2) is 0 Å². The molecule has 1 atom stereocenters. The lowest BCUT2D eigenvalue weighted by atomic mass is 10.1. The van der Waals surface area contributed by atoms with Crippen LogP contribution in [-0.4, -0.2) is 12.7 Å². The molecule has 0 aliphatic rings. The molecular weight excluding hydrogens is 128 g/mol. The fourth-order valence-electron chi connectivity index (χ4n) is 0.898. The second-order valence-electron chi connectivity index (χ2n) is 2.61. The highest BCUT2D eigenvalue weighted by atomic mass is 16.3. The highest BCUT2D eigenvalue weighted by Crippen LogP contribution is 2.05. The Kier molecular flexibility index (Phi) is 6.98. The molecule has 0 aliphatic carbocycles. The van der Waals surface area contributed by atoms with Gasteiger partial charge in [-0.15, -0.1) is 0 Å². The van der Waals surface area contributed by atoms with E-state index in [0.717, 1.165) is 19.3 Å². The zero-order valence-corrected chi connectivity index (χ0v) is 6.64. The molecule has 0 amide bonds. The van der Waals surface area contributed by atoms with Gasteiger partial charge in [-0.25, -0.2) is 10.2 Å². The molecule has 0 spiro atoms. The molecule has 0 fully saturated rings. The summed E-state index contributed by atoms with van der Waals surface area (Å²) in [5.41, 5.74) is 0. The van der Waals surface area contributed by atoms with Crippen molar-refractivity contribution in [1.29, 1.82) is 0 Å². The van der Waals surface area contributed by atoms with Crippen molar-refractivity contribution in [2.75, 3.05) is 6.61 Å². The third-order valence-electron chi connectivity index (χ3n) is 1.57. The van der Waals surface area contributed by atoms with Gasteiger partial charge >= 0.3 is 0 Å². The van der Waals surface area contributed by atoms with E-state index in [9.17, 15) is 10.2 Å². The van der Waals surface area contributed by atoms with Crippen molar-refractivity contribution in [1.82, 2.24) is 0 Å². The Morgan fingerprint density at radius 3 is 2.40 bits per heavy atom. The maximum Gasteiger partial charge on any atom is 0.0953 e. The molecule has 2 radical (unpaired) electrons. The van der Waals surface area contributed by atoms with Crippen LogP contribution < -0.4 is 0 Å². The van der Waals surface area contributed by atoms with E-state index in [2.05, 4.69) is 6.92 Å². The summed E-state index contributed by atoms with van der Waals surface area (Å²) < 4.78 is 0. The number of unbranched alkanes of at least 4 members (excludes halogenated alkanes) is 2. The maximum atomic E-state index is 10.8. The Morgan fingerprint density at radius 2 is 1.90 bits per heavy atom. The first kappa shape index (κ1) is 9.92. The van der Waals surface area contributed by atoms with Crippen LogP contribution in [0.5, 0.6) is 0 Å². The maximum absolute atomic E-state index is 10.8. The quantitative estimate of drug-likeness (QED) is 0.513. The summed E-state index contributed by atoms with van der Waals surface area (Å²) in [7, 11) is 0. The number of hydrogen-bond acceptors (Lipinski definition) is 0. The van der Waals surface area contributed by atoms with Crippen LogP contribution in [0.1, 0.15) is 39.0 Å². The molecule has 0 heterocycles. The Morgan fingerprint density at radius 1 is 1.20 bits per heavy atom. The van der Waals surface area contributed by atoms with Crippen LogP contribution >= 0.6 is 0 Å². The molecule has 2 heteroatoms. The Balaban J connectivity index is 2.97. The molecule has 0 aliphatic heterocycles. The van der Waals surface area contributed by atoms with Crippen LogP contribution in [0.3, 0.4) is 0 Å². The molecule has 10 heavy (non-hydrogen) atoms. The zero-order chi connectivity index (χ0) is 7.82. The third-order valence-corrected chi connectivity index (χ3v) is 1.57. The predicted molar refractivity (Wildman–Crippen MR) is 38.8 cm³/mol. The molecule has 2 nitrogen and oxygen atoms in total. The molecule has 0 rings (SSSR count). The highest BCUT2D eigenvalue weighted by molar-refractivity contribution is 4.53. The van der Waals surface area contributed by atoms with Crippen LogP contribution in [0.2, 0.25) is 0 Å². The van der Waals surface area contributed by atoms with Crippen LogP contribution in [0, 0.1) is 0 Å². The van der Waals surface area contributed by atoms with E-state index in [0.29, 0.717) is 12.8 Å². The van der Waals surface area contributed by atoms with Crippen molar-refractivity contribution in [3.63, 3.8) is 0 Å². The van der Waals surface area contributed by atoms with Gasteiger partial charge in [0.15, 0.2) is 0 Å². The second-order valence-corrected chi connectivity index (χ2v) is 2.61. The van der Waals surface area contributed by atoms with Crippen molar-refractivity contribution in [2.45, 2.75) is 45.1 Å². The first-order chi connectivity index (χ1) is 4.81. The zero-order valence-electron chi connectivity index (χ0n) is 6.64. The Bertz CT molecular complexity index is 64.3. The van der Waals surface area contributed by atoms with Crippen molar-refractivity contribution in [3.05, 3.63) is 0 Å². The molecule has 60 valence electrons. The lowest BCUT2D eigenvalue weighted by Gasteiger charge is -2.03. The smallest absolute Gasteiger partial charge is 0.0953 e. The number of hydrogen-bond donors (Lipinski definition) is 0. The van der Waals surface area contributed by atoms with Gasteiger partial charge in [0.05, 0.1) is 12.7 Å². The fourth-order valence-corrected chi connectivity index (χ4v) is 0.898. The predicted octanol–water partition coefficient (Wildman–Crippen LogP) is 2.19. The van der Waals surface area contributed by atoms with E-state index in [1.165, 1.54) is 0 Å². The minimum atomic E-state index is -0.593. The van der Waals surface area contributed by atoms with Gasteiger partial charge in [-0.2, -0.15) is 0 Å². The topological polar surface area (TPSA) is 39.8 Å². The third kappa shape index (κ3) is 6.05. The summed E-state index contributed by atoms with van der Waals surface area (Å²) in [6.07, 6.45) is 3.66. The van der Waals surface area contributed by atoms with E-state index in [1.54, 1.807) is 0 Å². The van der Waals surface area contributed by atoms with Crippen molar-refractivity contribution in [2.24, 2.45) is 0 Å². The first-order valence-electron chi connectivity index (χ1n) is 4.05. The van der Waals surface area contributed by atoms with Crippen LogP contribution in [0.25, 0.3) is 0 Å². The van der Waals surface area contributed by atoms with Crippen LogP contribution in [0.4, 0.5) is 0 Å². The van der Waals surface area contributed by atoms with E-state index < -0.39 is 6.10 Å². The van der Waals surface area contributed by atoms with Gasteiger partial charge in [-0.05, 0) is 6.42 Å². The molecule has 0 aromatic heterocycles. The minimum Gasteiger partial charge on any atom is -0.237 e. The summed E-state index contributed by atoms with van der Waals surface area (Å²) in [5.74, 6) is 0. The second kappa shape index (κ2) is 7.03. The average Bonchev–Trinajstić information content (AvgIpc) is 1.89. The fraction of sp³-hybridized carbons (Fsp3) is 1.00. The van der Waals surface area contributed by atoms with Gasteiger partial charge < -0.3 is 0 Å². The number of rotatable bonds is 6. The summed E-state index contributed by atoms with van der Waals surface area (Å²) in [6, 6.07) is 0. The molecule has 1 unspecified atom stereocenters. The lowest BCUT2D eigenvalue weighted by Crippen LogP contribution is -2.05. The molecule has 0 saturated heterocycles. The van der Waals surface area contributed by atoms with Crippen LogP contribution in [-0.2, 0) is 10.2 Å². The summed E-state index contributed by atoms with van der Waals surface area (Å²) in [4.78, 5) is 0. The Hall–Kier alpha value is -0.0800. The monoisotopic (exact) mass is 144 g/mol. The average molecular weight is 144 g/mol. The lowest BCUT2D eigenvalue weighted by molar-refractivity contribution is 0.0428. The summed E-state index contributed by atoms with van der Waals surface area (Å²) in [6.45, 7) is 1.90. The van der Waals surface area contributed by atoms with Crippen molar-refractivity contribution < 1.29 is 10.2 Å². The van der Waals surface area contributed by atoms with Gasteiger partial charge in [-0.3, -0.25) is 0 Å². The Labute approximate surface area is 62.9 Å². The molecule has 0 bridgehead atoms. The van der Waals surface area contributed by atoms with Crippen molar-refractivity contribution in [3.8, 4) is 0 Å². The van der Waals surface area contributed by atoms with Gasteiger partial charge in [-0.1, -0.05) is 26.2 Å². The van der Waals surface area contributed by atoms with E-state index in [4.69, 9.17) is 0 Å². The summed E-state index contributed by atoms with van der Waals surface area (Å²) >= 11 is 0. The first-order valence-corrected chi connectivity index (χ1v) is 4.05. The SMILES string of the molecule is CCCCCC([O])CC[O]. The molecule has 0 aromatic rings. The van der Waals surface area contributed by atoms with Gasteiger partial charge in [0.1, 0.15) is 0 Å². The standard InChI is InChI=1S/C8H16O2/c1-2-3-4-5-8(10)6-7-9/h8H,2-7H2,1H3. The normalized spacial score (nSPS) is 13.5. The largest absolute Gasteiger partial charge is 0.237 e. The van der Waals surface area contributed by atoms with Gasteiger partial charge in [0.2, 0.25) is 0 Å². The van der Waals surface area contributed by atoms with Gasteiger partial charge in [0.25, 0.3) is 0 Å². The molecular formula is C8H16O2. The molecule has 0 aromatic carbocycles. The van der Waals surface area contributed by atoms with Crippen molar-refractivity contribution >= 4 is 0 Å². The van der Waals surface area contributed by atoms with E-state index in [-0.39, 0.29) is 6.61 Å². The minimum absolute atomic E-state index is 0.208. The van der Waals surface area contributed by atoms with E-state index >= 15 is 0 Å². The van der Waals surface area contributed by atoms with Gasteiger partial charge in [0, 0.05) is 6.42 Å². The molecule has 0 N–H and O–H groups in total.